The number of rotatable bonds is 2. The predicted octanol–water partition coefficient (Wildman–Crippen LogP) is 3.42. The molecule has 1 aliphatic heterocycles. The van der Waals surface area contributed by atoms with Gasteiger partial charge in [-0.2, -0.15) is 0 Å². The van der Waals surface area contributed by atoms with Crippen molar-refractivity contribution in [3.05, 3.63) is 56.9 Å². The van der Waals surface area contributed by atoms with Crippen LogP contribution in [0, 0.1) is 15.9 Å². The Kier molecular flexibility index (Phi) is 3.02. The van der Waals surface area contributed by atoms with Crippen LogP contribution in [0.15, 0.2) is 24.4 Å². The Morgan fingerprint density at radius 3 is 3.00 bits per heavy atom. The van der Waals surface area contributed by atoms with E-state index in [-0.39, 0.29) is 22.3 Å². The molecule has 1 unspecified atom stereocenters. The highest BCUT2D eigenvalue weighted by molar-refractivity contribution is 6.28. The van der Waals surface area contributed by atoms with Gasteiger partial charge in [-0.05, 0) is 36.1 Å². The van der Waals surface area contributed by atoms with Crippen molar-refractivity contribution in [1.82, 2.24) is 9.97 Å². The summed E-state index contributed by atoms with van der Waals surface area (Å²) < 4.78 is 14.1. The van der Waals surface area contributed by atoms with Crippen LogP contribution in [0.1, 0.15) is 30.0 Å². The predicted molar refractivity (Wildman–Crippen MR) is 82.2 cm³/mol. The minimum atomic E-state index is -0.464. The molecule has 2 aliphatic rings. The second kappa shape index (κ2) is 4.86. The number of non-ortho nitro benzene ring substituents is 1. The van der Waals surface area contributed by atoms with E-state index in [1.807, 2.05) is 0 Å². The maximum Gasteiger partial charge on any atom is 0.271 e. The first-order valence-corrected chi connectivity index (χ1v) is 7.60. The topological polar surface area (TPSA) is 81.0 Å². The number of nitro benzene ring substituents is 1. The number of hydrogen-bond donors (Lipinski definition) is 1. The van der Waals surface area contributed by atoms with Crippen LogP contribution in [0.3, 0.4) is 0 Å². The molecule has 1 aliphatic carbocycles. The van der Waals surface area contributed by atoms with Gasteiger partial charge in [0.1, 0.15) is 0 Å². The summed E-state index contributed by atoms with van der Waals surface area (Å²) in [5.74, 6) is -0.577. The molecule has 118 valence electrons. The molecular formula is C15H12ClFN4O2. The zero-order valence-corrected chi connectivity index (χ0v) is 12.7. The lowest BCUT2D eigenvalue weighted by molar-refractivity contribution is -0.384. The van der Waals surface area contributed by atoms with E-state index in [0.717, 1.165) is 30.3 Å². The highest BCUT2D eigenvalue weighted by Gasteiger charge is 2.54. The van der Waals surface area contributed by atoms with Gasteiger partial charge in [-0.1, -0.05) is 0 Å². The molecule has 6 nitrogen and oxygen atoms in total. The van der Waals surface area contributed by atoms with Crippen molar-refractivity contribution in [2.75, 3.05) is 11.9 Å². The summed E-state index contributed by atoms with van der Waals surface area (Å²) in [5.41, 5.74) is 1.80. The third-order valence-electron chi connectivity index (χ3n) is 4.96. The molecule has 23 heavy (non-hydrogen) atoms. The Morgan fingerprint density at radius 1 is 1.48 bits per heavy atom. The average Bonchev–Trinajstić information content (AvgIpc) is 2.90. The van der Waals surface area contributed by atoms with Gasteiger partial charge in [-0.25, -0.2) is 14.4 Å². The van der Waals surface area contributed by atoms with Gasteiger partial charge in [0.25, 0.3) is 5.69 Å². The maximum atomic E-state index is 14.1. The Labute approximate surface area is 135 Å². The van der Waals surface area contributed by atoms with Crippen molar-refractivity contribution in [3.8, 4) is 0 Å². The molecule has 1 aromatic heterocycles. The van der Waals surface area contributed by atoms with Crippen molar-refractivity contribution in [1.29, 1.82) is 0 Å². The number of hydrogen-bond acceptors (Lipinski definition) is 5. The summed E-state index contributed by atoms with van der Waals surface area (Å²) >= 11 is 5.81. The second-order valence-corrected chi connectivity index (χ2v) is 6.30. The normalized spacial score (nSPS) is 24.9. The number of nitro groups is 1. The Balaban J connectivity index is 1.77. The van der Waals surface area contributed by atoms with Gasteiger partial charge in [0, 0.05) is 35.7 Å². The zero-order chi connectivity index (χ0) is 16.2. The van der Waals surface area contributed by atoms with Gasteiger partial charge in [0.05, 0.1) is 16.8 Å². The fourth-order valence-corrected chi connectivity index (χ4v) is 3.89. The van der Waals surface area contributed by atoms with Gasteiger partial charge in [0.15, 0.2) is 5.82 Å². The number of nitrogens with one attached hydrogen (secondary N) is 1. The van der Waals surface area contributed by atoms with Crippen molar-refractivity contribution in [3.63, 3.8) is 0 Å². The van der Waals surface area contributed by atoms with Gasteiger partial charge >= 0.3 is 0 Å². The first kappa shape index (κ1) is 14.3. The van der Waals surface area contributed by atoms with E-state index in [4.69, 9.17) is 11.6 Å². The van der Waals surface area contributed by atoms with Crippen molar-refractivity contribution < 1.29 is 9.31 Å². The van der Waals surface area contributed by atoms with E-state index in [0.29, 0.717) is 12.2 Å². The molecule has 0 saturated heterocycles. The summed E-state index contributed by atoms with van der Waals surface area (Å²) in [4.78, 5) is 18.2. The summed E-state index contributed by atoms with van der Waals surface area (Å²) in [7, 11) is 0. The van der Waals surface area contributed by atoms with Crippen LogP contribution in [-0.2, 0) is 5.41 Å². The quantitative estimate of drug-likeness (QED) is 0.517. The van der Waals surface area contributed by atoms with Gasteiger partial charge in [0.2, 0.25) is 5.28 Å². The minimum Gasteiger partial charge on any atom is -0.384 e. The summed E-state index contributed by atoms with van der Waals surface area (Å²) in [6, 6.07) is 4.79. The van der Waals surface area contributed by atoms with E-state index in [1.54, 1.807) is 6.07 Å². The molecule has 1 fully saturated rings. The molecule has 1 aromatic carbocycles. The molecule has 2 heterocycles. The average molecular weight is 335 g/mol. The zero-order valence-electron chi connectivity index (χ0n) is 11.9. The second-order valence-electron chi connectivity index (χ2n) is 5.96. The monoisotopic (exact) mass is 334 g/mol. The molecule has 1 spiro atoms. The molecule has 4 rings (SSSR count). The van der Waals surface area contributed by atoms with Crippen molar-refractivity contribution in [2.45, 2.75) is 24.2 Å². The van der Waals surface area contributed by atoms with Crippen LogP contribution in [-0.4, -0.2) is 21.4 Å². The number of anilines is 1. The van der Waals surface area contributed by atoms with Crippen LogP contribution in [0.25, 0.3) is 0 Å². The molecule has 0 radical (unpaired) electrons. The Morgan fingerprint density at radius 2 is 2.30 bits per heavy atom. The fraction of sp³-hybridized carbons (Fsp3) is 0.333. The smallest absolute Gasteiger partial charge is 0.271 e. The largest absolute Gasteiger partial charge is 0.384 e. The molecule has 2 atom stereocenters. The van der Waals surface area contributed by atoms with Gasteiger partial charge < -0.3 is 5.32 Å². The summed E-state index contributed by atoms with van der Waals surface area (Å²) in [6.45, 7) is 0.606. The van der Waals surface area contributed by atoms with Gasteiger partial charge in [-0.15, -0.1) is 0 Å². The molecule has 1 saturated carbocycles. The summed E-state index contributed by atoms with van der Waals surface area (Å²) in [5, 5.41) is 14.2. The van der Waals surface area contributed by atoms with Gasteiger partial charge in [-0.3, -0.25) is 10.1 Å². The first-order chi connectivity index (χ1) is 11.0. The van der Waals surface area contributed by atoms with Crippen LogP contribution < -0.4 is 5.32 Å². The van der Waals surface area contributed by atoms with E-state index in [1.165, 1.54) is 12.1 Å². The molecule has 2 aromatic rings. The molecule has 0 bridgehead atoms. The van der Waals surface area contributed by atoms with Crippen molar-refractivity contribution >= 4 is 23.0 Å². The number of fused-ring (bicyclic) bond motifs is 2. The van der Waals surface area contributed by atoms with E-state index in [2.05, 4.69) is 15.3 Å². The van der Waals surface area contributed by atoms with E-state index in [9.17, 15) is 14.5 Å². The summed E-state index contributed by atoms with van der Waals surface area (Å²) in [6.07, 6.45) is 2.76. The number of nitrogens with zero attached hydrogens (tertiary/aromatic N) is 3. The third kappa shape index (κ3) is 1.99. The van der Waals surface area contributed by atoms with Crippen LogP contribution in [0.5, 0.6) is 0 Å². The lowest BCUT2D eigenvalue weighted by Crippen LogP contribution is -2.45. The van der Waals surface area contributed by atoms with Crippen LogP contribution >= 0.6 is 11.6 Å². The maximum absolute atomic E-state index is 14.1. The standard InChI is InChI=1S/C15H12ClFN4O2/c16-14-18-6-11(17)13(20-14)10-3-4-15(10)7-19-12-5-8(21(22)23)1-2-9(12)15/h1-2,5-6,10,19H,3-4,7H2/t10?,15-/m0/s1. The molecular weight excluding hydrogens is 323 g/mol. The Bertz CT molecular complexity index is 831. The van der Waals surface area contributed by atoms with E-state index < -0.39 is 10.7 Å². The number of benzene rings is 1. The molecule has 1 N–H and O–H groups in total. The lowest BCUT2D eigenvalue weighted by atomic mass is 9.56. The van der Waals surface area contributed by atoms with Crippen LogP contribution in [0.2, 0.25) is 5.28 Å². The Hall–Kier alpha value is -2.28. The highest BCUT2D eigenvalue weighted by atomic mass is 35.5. The van der Waals surface area contributed by atoms with E-state index >= 15 is 0 Å². The minimum absolute atomic E-state index is 0.0262. The lowest BCUT2D eigenvalue weighted by Gasteiger charge is -2.46. The molecule has 0 amide bonds. The fourth-order valence-electron chi connectivity index (χ4n) is 3.75. The first-order valence-electron chi connectivity index (χ1n) is 7.22. The SMILES string of the molecule is O=[N+]([O-])c1ccc2c(c1)NC[C@@]21CCC1c1nc(Cl)ncc1F. The van der Waals surface area contributed by atoms with Crippen LogP contribution in [0.4, 0.5) is 15.8 Å². The third-order valence-corrected chi connectivity index (χ3v) is 5.14. The molecule has 8 heteroatoms. The van der Waals surface area contributed by atoms with Crippen molar-refractivity contribution in [2.24, 2.45) is 0 Å². The highest BCUT2D eigenvalue weighted by Crippen LogP contribution is 2.58. The number of aromatic nitrogens is 2. The number of halogens is 2.